The molecule has 0 aliphatic heterocycles. The number of hydrogen-bond donors (Lipinski definition) is 2. The second kappa shape index (κ2) is 6.40. The first-order valence-corrected chi connectivity index (χ1v) is 6.88. The van der Waals surface area contributed by atoms with E-state index in [9.17, 15) is 4.79 Å². The lowest BCUT2D eigenvalue weighted by atomic mass is 10.2. The lowest BCUT2D eigenvalue weighted by Gasteiger charge is -2.05. The molecule has 0 aliphatic rings. The molecule has 5 nitrogen and oxygen atoms in total. The first kappa shape index (κ1) is 13.6. The summed E-state index contributed by atoms with van der Waals surface area (Å²) in [4.78, 5) is 20.7. The van der Waals surface area contributed by atoms with E-state index in [1.54, 1.807) is 18.6 Å². The van der Waals surface area contributed by atoms with Gasteiger partial charge in [-0.3, -0.25) is 9.78 Å². The molecular formula is C13H16N4OS. The van der Waals surface area contributed by atoms with Gasteiger partial charge in [-0.25, -0.2) is 4.98 Å². The number of carbonyl (C=O) groups excluding carboxylic acids is 1. The molecule has 0 aliphatic carbocycles. The van der Waals surface area contributed by atoms with Crippen molar-refractivity contribution in [3.63, 3.8) is 0 Å². The molecule has 19 heavy (non-hydrogen) atoms. The summed E-state index contributed by atoms with van der Waals surface area (Å²) in [6.45, 7) is 2.50. The highest BCUT2D eigenvalue weighted by Crippen LogP contribution is 2.24. The summed E-state index contributed by atoms with van der Waals surface area (Å²) in [6.07, 6.45) is 5.78. The molecule has 2 rings (SSSR count). The Morgan fingerprint density at radius 3 is 2.89 bits per heavy atom. The van der Waals surface area contributed by atoms with Crippen molar-refractivity contribution in [1.82, 2.24) is 15.3 Å². The normalized spacial score (nSPS) is 12.1. The Labute approximate surface area is 115 Å². The maximum absolute atomic E-state index is 11.9. The van der Waals surface area contributed by atoms with Crippen LogP contribution in [-0.4, -0.2) is 28.5 Å². The zero-order valence-corrected chi connectivity index (χ0v) is 11.5. The number of thiazole rings is 1. The van der Waals surface area contributed by atoms with Gasteiger partial charge in [0.1, 0.15) is 9.88 Å². The van der Waals surface area contributed by atoms with Crippen LogP contribution in [0.2, 0.25) is 0 Å². The summed E-state index contributed by atoms with van der Waals surface area (Å²) >= 11 is 1.37. The number of nitrogens with one attached hydrogen (secondary N) is 1. The smallest absolute Gasteiger partial charge is 0.263 e. The van der Waals surface area contributed by atoms with Crippen LogP contribution in [0.3, 0.4) is 0 Å². The highest BCUT2D eigenvalue weighted by molar-refractivity contribution is 7.16. The quantitative estimate of drug-likeness (QED) is 0.870. The van der Waals surface area contributed by atoms with Crippen LogP contribution in [0.1, 0.15) is 23.0 Å². The standard InChI is InChI=1S/C13H16N4OS/c1-9(14)2-7-16-12(18)11-8-17-13(19-11)10-3-5-15-6-4-10/h3-6,8-9H,2,7,14H2,1H3,(H,16,18). The minimum atomic E-state index is -0.0987. The molecule has 0 aromatic carbocycles. The van der Waals surface area contributed by atoms with E-state index in [4.69, 9.17) is 5.73 Å². The van der Waals surface area contributed by atoms with Crippen LogP contribution in [0, 0.1) is 0 Å². The fourth-order valence-corrected chi connectivity index (χ4v) is 2.35. The maximum Gasteiger partial charge on any atom is 0.263 e. The molecular weight excluding hydrogens is 260 g/mol. The van der Waals surface area contributed by atoms with Gasteiger partial charge in [-0.2, -0.15) is 0 Å². The first-order valence-electron chi connectivity index (χ1n) is 6.07. The van der Waals surface area contributed by atoms with Crippen molar-refractivity contribution in [3.05, 3.63) is 35.6 Å². The van der Waals surface area contributed by atoms with Crippen molar-refractivity contribution in [2.24, 2.45) is 5.73 Å². The third kappa shape index (κ3) is 3.84. The summed E-state index contributed by atoms with van der Waals surface area (Å²) in [6, 6.07) is 3.84. The van der Waals surface area contributed by atoms with E-state index in [1.807, 2.05) is 19.1 Å². The Bertz CT molecular complexity index is 539. The Hall–Kier alpha value is -1.79. The molecule has 3 N–H and O–H groups in total. The second-order valence-corrected chi connectivity index (χ2v) is 5.32. The lowest BCUT2D eigenvalue weighted by Crippen LogP contribution is -2.28. The van der Waals surface area contributed by atoms with Crippen LogP contribution in [0.4, 0.5) is 0 Å². The Kier molecular flexibility index (Phi) is 4.59. The molecule has 0 saturated carbocycles. The van der Waals surface area contributed by atoms with Crippen LogP contribution >= 0.6 is 11.3 Å². The zero-order chi connectivity index (χ0) is 13.7. The number of aromatic nitrogens is 2. The minimum Gasteiger partial charge on any atom is -0.351 e. The second-order valence-electron chi connectivity index (χ2n) is 4.29. The predicted molar refractivity (Wildman–Crippen MR) is 75.9 cm³/mol. The summed E-state index contributed by atoms with van der Waals surface area (Å²) in [5.41, 5.74) is 6.60. The molecule has 0 saturated heterocycles. The summed E-state index contributed by atoms with van der Waals surface area (Å²) in [5, 5.41) is 3.65. The van der Waals surface area contributed by atoms with Crippen molar-refractivity contribution in [2.75, 3.05) is 6.54 Å². The monoisotopic (exact) mass is 276 g/mol. The van der Waals surface area contributed by atoms with Crippen molar-refractivity contribution < 1.29 is 4.79 Å². The number of carbonyl (C=O) groups is 1. The largest absolute Gasteiger partial charge is 0.351 e. The van der Waals surface area contributed by atoms with Crippen molar-refractivity contribution >= 4 is 17.2 Å². The molecule has 0 radical (unpaired) electrons. The molecule has 1 amide bonds. The summed E-state index contributed by atoms with van der Waals surface area (Å²) < 4.78 is 0. The van der Waals surface area contributed by atoms with Gasteiger partial charge in [0.2, 0.25) is 0 Å². The van der Waals surface area contributed by atoms with E-state index in [1.165, 1.54) is 11.3 Å². The molecule has 0 bridgehead atoms. The van der Waals surface area contributed by atoms with Gasteiger partial charge in [0.15, 0.2) is 0 Å². The van der Waals surface area contributed by atoms with E-state index < -0.39 is 0 Å². The van der Waals surface area contributed by atoms with Crippen LogP contribution in [0.15, 0.2) is 30.7 Å². The van der Waals surface area contributed by atoms with Crippen molar-refractivity contribution in [3.8, 4) is 10.6 Å². The molecule has 6 heteroatoms. The Morgan fingerprint density at radius 1 is 1.47 bits per heavy atom. The van der Waals surface area contributed by atoms with E-state index in [0.29, 0.717) is 11.4 Å². The molecule has 1 atom stereocenters. The fourth-order valence-electron chi connectivity index (χ4n) is 1.51. The SMILES string of the molecule is CC(N)CCNC(=O)c1cnc(-c2ccncc2)s1. The van der Waals surface area contributed by atoms with Gasteiger partial charge in [0, 0.05) is 30.5 Å². The molecule has 0 fully saturated rings. The van der Waals surface area contributed by atoms with Crippen LogP contribution in [0.5, 0.6) is 0 Å². The highest BCUT2D eigenvalue weighted by atomic mass is 32.1. The summed E-state index contributed by atoms with van der Waals surface area (Å²) in [5.74, 6) is -0.0987. The maximum atomic E-state index is 11.9. The lowest BCUT2D eigenvalue weighted by molar-refractivity contribution is 0.0956. The van der Waals surface area contributed by atoms with E-state index >= 15 is 0 Å². The number of nitrogens with two attached hydrogens (primary N) is 1. The van der Waals surface area contributed by atoms with Crippen LogP contribution in [0.25, 0.3) is 10.6 Å². The average Bonchev–Trinajstić information content (AvgIpc) is 2.89. The minimum absolute atomic E-state index is 0.0918. The van der Waals surface area contributed by atoms with Crippen molar-refractivity contribution in [2.45, 2.75) is 19.4 Å². The number of rotatable bonds is 5. The number of nitrogens with zero attached hydrogens (tertiary/aromatic N) is 2. The van der Waals surface area contributed by atoms with Gasteiger partial charge in [0.05, 0.1) is 6.20 Å². The van der Waals surface area contributed by atoms with Gasteiger partial charge >= 0.3 is 0 Å². The molecule has 100 valence electrons. The predicted octanol–water partition coefficient (Wildman–Crippen LogP) is 1.67. The molecule has 2 heterocycles. The Morgan fingerprint density at radius 2 is 2.21 bits per heavy atom. The van der Waals surface area contributed by atoms with Crippen molar-refractivity contribution in [1.29, 1.82) is 0 Å². The highest BCUT2D eigenvalue weighted by Gasteiger charge is 2.11. The third-order valence-electron chi connectivity index (χ3n) is 2.54. The number of amides is 1. The zero-order valence-electron chi connectivity index (χ0n) is 10.7. The molecule has 0 spiro atoms. The van der Waals surface area contributed by atoms with E-state index in [0.717, 1.165) is 17.0 Å². The Balaban J connectivity index is 1.99. The van der Waals surface area contributed by atoms with Crippen LogP contribution in [-0.2, 0) is 0 Å². The number of hydrogen-bond acceptors (Lipinski definition) is 5. The van der Waals surface area contributed by atoms with Gasteiger partial charge in [0.25, 0.3) is 5.91 Å². The average molecular weight is 276 g/mol. The van der Waals surface area contributed by atoms with Gasteiger partial charge in [-0.15, -0.1) is 11.3 Å². The first-order chi connectivity index (χ1) is 9.16. The molecule has 1 unspecified atom stereocenters. The topological polar surface area (TPSA) is 80.9 Å². The third-order valence-corrected chi connectivity index (χ3v) is 3.59. The van der Waals surface area contributed by atoms with Gasteiger partial charge in [-0.05, 0) is 25.5 Å². The molecule has 2 aromatic heterocycles. The molecule has 2 aromatic rings. The van der Waals surface area contributed by atoms with Gasteiger partial charge < -0.3 is 11.1 Å². The van der Waals surface area contributed by atoms with E-state index in [-0.39, 0.29) is 11.9 Å². The van der Waals surface area contributed by atoms with Gasteiger partial charge in [-0.1, -0.05) is 0 Å². The fraction of sp³-hybridized carbons (Fsp3) is 0.308. The van der Waals surface area contributed by atoms with E-state index in [2.05, 4.69) is 15.3 Å². The number of pyridine rings is 1. The summed E-state index contributed by atoms with van der Waals surface area (Å²) in [7, 11) is 0. The van der Waals surface area contributed by atoms with Crippen LogP contribution < -0.4 is 11.1 Å².